The summed E-state index contributed by atoms with van der Waals surface area (Å²) in [6.07, 6.45) is -12.5. The zero-order chi connectivity index (χ0) is 46.3. The highest BCUT2D eigenvalue weighted by molar-refractivity contribution is 5.36. The smallest absolute Gasteiger partial charge is 0.187 e. The topological polar surface area (TPSA) is 267 Å². The van der Waals surface area contributed by atoms with Crippen molar-refractivity contribution in [1.82, 2.24) is 0 Å². The van der Waals surface area contributed by atoms with Crippen LogP contribution >= 0.6 is 0 Å². The highest BCUT2D eigenvalue weighted by Gasteiger charge is 2.79. The number of aliphatic hydroxyl groups is 10. The van der Waals surface area contributed by atoms with Crippen molar-refractivity contribution in [2.45, 2.75) is 197 Å². The highest BCUT2D eigenvalue weighted by Crippen LogP contribution is 2.79. The van der Waals surface area contributed by atoms with Crippen molar-refractivity contribution in [3.63, 3.8) is 0 Å². The predicted octanol–water partition coefficient (Wildman–Crippen LogP) is 0.0961. The van der Waals surface area contributed by atoms with Crippen molar-refractivity contribution in [3.05, 3.63) is 12.2 Å². The molecule has 5 aliphatic carbocycles. The second-order valence-electron chi connectivity index (χ2n) is 22.9. The summed E-state index contributed by atoms with van der Waals surface area (Å²) in [6, 6.07) is 0. The van der Waals surface area contributed by atoms with E-state index in [9.17, 15) is 51.1 Å². The molecule has 4 heterocycles. The van der Waals surface area contributed by atoms with E-state index in [0.717, 1.165) is 32.1 Å². The van der Waals surface area contributed by atoms with Gasteiger partial charge in [0, 0.05) is 16.7 Å². The molecular weight excluding hydrogens is 836 g/mol. The zero-order valence-corrected chi connectivity index (χ0v) is 38.4. The third-order valence-corrected chi connectivity index (χ3v) is 19.9. The van der Waals surface area contributed by atoms with Crippen LogP contribution in [0.15, 0.2) is 12.2 Å². The Morgan fingerprint density at radius 1 is 0.672 bits per heavy atom. The van der Waals surface area contributed by atoms with Crippen molar-refractivity contribution in [3.8, 4) is 0 Å². The van der Waals surface area contributed by atoms with Gasteiger partial charge in [-0.1, -0.05) is 60.6 Å². The lowest BCUT2D eigenvalue weighted by Crippen LogP contribution is -2.73. The van der Waals surface area contributed by atoms with Gasteiger partial charge in [0.1, 0.15) is 67.1 Å². The van der Waals surface area contributed by atoms with E-state index in [1.54, 1.807) is 0 Å². The molecule has 17 heteroatoms. The van der Waals surface area contributed by atoms with Crippen LogP contribution in [-0.2, 0) is 33.2 Å². The van der Waals surface area contributed by atoms with E-state index in [4.69, 9.17) is 33.2 Å². The predicted molar refractivity (Wildman–Crippen MR) is 223 cm³/mol. The van der Waals surface area contributed by atoms with Gasteiger partial charge in [-0.25, -0.2) is 0 Å². The maximum Gasteiger partial charge on any atom is 0.187 e. The third kappa shape index (κ3) is 6.65. The van der Waals surface area contributed by atoms with Gasteiger partial charge in [-0.3, -0.25) is 0 Å². The molecule has 0 aromatic heterocycles. The lowest BCUT2D eigenvalue weighted by molar-refractivity contribution is -0.395. The van der Waals surface area contributed by atoms with Crippen molar-refractivity contribution < 1.29 is 84.2 Å². The molecule has 10 N–H and O–H groups in total. The summed E-state index contributed by atoms with van der Waals surface area (Å²) in [5, 5.41) is 108. The van der Waals surface area contributed by atoms with E-state index >= 15 is 0 Å². The highest BCUT2D eigenvalue weighted by atomic mass is 16.8. The number of ether oxygens (including phenoxy) is 7. The van der Waals surface area contributed by atoms with E-state index in [1.807, 2.05) is 0 Å². The average Bonchev–Trinajstić information content (AvgIpc) is 3.56. The monoisotopic (exact) mass is 913 g/mol. The molecular formula is C47H76O17. The van der Waals surface area contributed by atoms with Gasteiger partial charge in [-0.2, -0.15) is 0 Å². The van der Waals surface area contributed by atoms with Crippen LogP contribution in [0, 0.1) is 56.7 Å². The first kappa shape index (κ1) is 48.1. The molecule has 64 heavy (non-hydrogen) atoms. The van der Waals surface area contributed by atoms with Crippen LogP contribution in [0.3, 0.4) is 0 Å². The SMILES string of the molecule is C[C@H]1[C@H](C)CC[C@@]23CO[C@]4(C=C[C@@H]5[C@]6(C)CC[C@H](O[C@@H]7O[C@@H](CO)[C@@H](O)[C@H](O)[C@H]7O[C@@H]7O[C@@H](CO)[C@@H](O)[C@H](O)[C@H]7O[C@@H]7OC[C@H](O)[C@@H](O)[C@@H]7O)C(C)(C)[C@@H]6CC[C@]5(C)[C@@]4(C)C[C@@H]2O)[C@H]13. The lowest BCUT2D eigenvalue weighted by Gasteiger charge is -2.73. The van der Waals surface area contributed by atoms with Crippen molar-refractivity contribution >= 4 is 0 Å². The van der Waals surface area contributed by atoms with Gasteiger partial charge in [0.25, 0.3) is 0 Å². The summed E-state index contributed by atoms with van der Waals surface area (Å²) in [5.41, 5.74) is -1.86. The van der Waals surface area contributed by atoms with Gasteiger partial charge in [0.15, 0.2) is 18.9 Å². The van der Waals surface area contributed by atoms with Crippen LogP contribution in [0.2, 0.25) is 0 Å². The first-order valence-electron chi connectivity index (χ1n) is 24.0. The summed E-state index contributed by atoms with van der Waals surface area (Å²) >= 11 is 0. The van der Waals surface area contributed by atoms with E-state index < -0.39 is 129 Å². The Morgan fingerprint density at radius 2 is 1.28 bits per heavy atom. The Balaban J connectivity index is 0.986. The Morgan fingerprint density at radius 3 is 1.91 bits per heavy atom. The molecule has 9 rings (SSSR count). The Kier molecular flexibility index (Phi) is 12.5. The summed E-state index contributed by atoms with van der Waals surface area (Å²) in [6.45, 7) is 15.1. The van der Waals surface area contributed by atoms with Crippen LogP contribution in [0.5, 0.6) is 0 Å². The molecule has 0 aromatic rings. The Bertz CT molecular complexity index is 1740. The van der Waals surface area contributed by atoms with Gasteiger partial charge in [0.05, 0.1) is 44.2 Å². The minimum absolute atomic E-state index is 0.147. The molecule has 4 aliphatic heterocycles. The molecule has 0 unspecified atom stereocenters. The number of hydrogen-bond donors (Lipinski definition) is 10. The minimum atomic E-state index is -1.82. The molecule has 4 saturated carbocycles. The van der Waals surface area contributed by atoms with Gasteiger partial charge < -0.3 is 84.2 Å². The maximum absolute atomic E-state index is 12.3. The summed E-state index contributed by atoms with van der Waals surface area (Å²) in [7, 11) is 0. The summed E-state index contributed by atoms with van der Waals surface area (Å²) in [5.74, 6) is 1.51. The quantitative estimate of drug-likeness (QED) is 0.114. The fourth-order valence-corrected chi connectivity index (χ4v) is 15.8. The van der Waals surface area contributed by atoms with Crippen molar-refractivity contribution in [2.24, 2.45) is 56.7 Å². The number of aliphatic hydroxyl groups excluding tert-OH is 10. The molecule has 2 bridgehead atoms. The van der Waals surface area contributed by atoms with Gasteiger partial charge in [-0.15, -0.1) is 0 Å². The molecule has 4 saturated heterocycles. The number of fused-ring (bicyclic) bond motifs is 4. The van der Waals surface area contributed by atoms with E-state index in [0.29, 0.717) is 31.3 Å². The Labute approximate surface area is 376 Å². The maximum atomic E-state index is 12.3. The lowest BCUT2D eigenvalue weighted by atomic mass is 9.31. The Hall–Kier alpha value is -0.940. The number of rotatable bonds is 8. The molecule has 0 aromatic carbocycles. The normalized spacial score (nSPS) is 59.0. The van der Waals surface area contributed by atoms with Gasteiger partial charge in [-0.05, 0) is 84.9 Å². The molecule has 9 aliphatic rings. The first-order chi connectivity index (χ1) is 30.1. The molecule has 0 amide bonds. The summed E-state index contributed by atoms with van der Waals surface area (Å²) < 4.78 is 43.7. The van der Waals surface area contributed by atoms with Crippen LogP contribution < -0.4 is 0 Å². The van der Waals surface area contributed by atoms with E-state index in [1.165, 1.54) is 0 Å². The molecule has 366 valence electrons. The third-order valence-electron chi connectivity index (χ3n) is 19.9. The van der Waals surface area contributed by atoms with Crippen LogP contribution in [-0.4, -0.2) is 181 Å². The molecule has 1 spiro atoms. The molecule has 8 fully saturated rings. The first-order valence-corrected chi connectivity index (χ1v) is 24.0. The largest absolute Gasteiger partial charge is 0.394 e. The van der Waals surface area contributed by atoms with E-state index in [2.05, 4.69) is 60.6 Å². The van der Waals surface area contributed by atoms with Gasteiger partial charge in [0.2, 0.25) is 0 Å². The van der Waals surface area contributed by atoms with Crippen LogP contribution in [0.1, 0.15) is 93.4 Å². The van der Waals surface area contributed by atoms with Crippen LogP contribution in [0.4, 0.5) is 0 Å². The molecule has 17 nitrogen and oxygen atoms in total. The second kappa shape index (κ2) is 16.6. The zero-order valence-electron chi connectivity index (χ0n) is 38.4. The second-order valence-corrected chi connectivity index (χ2v) is 22.9. The summed E-state index contributed by atoms with van der Waals surface area (Å²) in [4.78, 5) is 0. The number of hydrogen-bond acceptors (Lipinski definition) is 17. The molecule has 26 atom stereocenters. The van der Waals surface area contributed by atoms with Crippen molar-refractivity contribution in [2.75, 3.05) is 26.4 Å². The minimum Gasteiger partial charge on any atom is -0.394 e. The van der Waals surface area contributed by atoms with Crippen LogP contribution in [0.25, 0.3) is 0 Å². The van der Waals surface area contributed by atoms with Gasteiger partial charge >= 0.3 is 0 Å². The molecule has 0 radical (unpaired) electrons. The van der Waals surface area contributed by atoms with E-state index in [-0.39, 0.29) is 39.4 Å². The fraction of sp³-hybridized carbons (Fsp3) is 0.957. The fourth-order valence-electron chi connectivity index (χ4n) is 15.8. The number of allylic oxidation sites excluding steroid dienone is 1. The average molecular weight is 913 g/mol. The van der Waals surface area contributed by atoms with Crippen molar-refractivity contribution in [1.29, 1.82) is 0 Å². The standard InChI is InChI=1S/C47H76O17/c1-21-8-14-46-20-59-47(38(46)22(21)2)15-10-27-43(5)12-11-29(42(3,4)26(43)9-13-44(27,6)45(47,7)16-28(46)51)62-40-36(33(55)31(53)24(17-48)60-40)64-41-37(34(56)32(54)25(18-49)61-41)63-39-35(57)30(52)23(50)19-58-39/h10,15,21-41,48-57H,8-9,11-14,16-20H2,1-7H3/t21-,22+,23+,24+,25+,26+,27-,28+,29+,30-,31-,32-,33+,34+,35+,36-,37-,38-,39+,40+,41+,43-,44+,45-,46-,47-/m1/s1.